The molecular formula is C22H24N2O6. The molecule has 0 bridgehead atoms. The molecule has 0 aliphatic carbocycles. The quantitative estimate of drug-likeness (QED) is 0.411. The zero-order valence-electron chi connectivity index (χ0n) is 16.6. The minimum atomic E-state index is -0.423. The van der Waals surface area contributed by atoms with Crippen molar-refractivity contribution in [2.24, 2.45) is 0 Å². The molecule has 8 heteroatoms. The van der Waals surface area contributed by atoms with E-state index in [9.17, 15) is 14.4 Å². The highest BCUT2D eigenvalue weighted by molar-refractivity contribution is 6.08. The maximum absolute atomic E-state index is 12.8. The van der Waals surface area contributed by atoms with Gasteiger partial charge in [-0.25, -0.2) is 4.79 Å². The number of rotatable bonds is 6. The fourth-order valence-corrected chi connectivity index (χ4v) is 3.83. The van der Waals surface area contributed by atoms with Gasteiger partial charge >= 0.3 is 12.1 Å². The molecule has 2 aliphatic heterocycles. The van der Waals surface area contributed by atoms with Gasteiger partial charge in [-0.3, -0.25) is 9.59 Å². The van der Waals surface area contributed by atoms with Gasteiger partial charge in [-0.05, 0) is 18.6 Å². The average molecular weight is 412 g/mol. The van der Waals surface area contributed by atoms with Gasteiger partial charge < -0.3 is 23.7 Å². The lowest BCUT2D eigenvalue weighted by Crippen LogP contribution is -2.41. The van der Waals surface area contributed by atoms with E-state index in [1.807, 2.05) is 28.8 Å². The number of ether oxygens (including phenoxy) is 3. The average Bonchev–Trinajstić information content (AvgIpc) is 3.39. The maximum Gasteiger partial charge on any atom is 0.410 e. The molecule has 1 aromatic carbocycles. The highest BCUT2D eigenvalue weighted by Gasteiger charge is 2.33. The molecule has 0 N–H and O–H groups in total. The van der Waals surface area contributed by atoms with E-state index in [1.165, 1.54) is 0 Å². The molecular weight excluding hydrogens is 388 g/mol. The summed E-state index contributed by atoms with van der Waals surface area (Å²) < 4.78 is 17.6. The van der Waals surface area contributed by atoms with Crippen LogP contribution in [-0.2, 0) is 25.5 Å². The summed E-state index contributed by atoms with van der Waals surface area (Å²) in [6.45, 7) is 2.60. The van der Waals surface area contributed by atoms with Crippen molar-refractivity contribution in [3.05, 3.63) is 59.4 Å². The van der Waals surface area contributed by atoms with Gasteiger partial charge in [-0.15, -0.1) is 0 Å². The predicted molar refractivity (Wildman–Crippen MR) is 106 cm³/mol. The molecule has 4 rings (SSSR count). The van der Waals surface area contributed by atoms with Gasteiger partial charge in [0.2, 0.25) is 5.78 Å². The Morgan fingerprint density at radius 2 is 1.67 bits per heavy atom. The van der Waals surface area contributed by atoms with Crippen LogP contribution in [0.4, 0.5) is 4.79 Å². The Labute approximate surface area is 174 Å². The molecule has 1 fully saturated rings. The molecule has 2 aromatic rings. The fraction of sp³-hybridized carbons (Fsp3) is 0.409. The van der Waals surface area contributed by atoms with Gasteiger partial charge in [0.15, 0.2) is 0 Å². The van der Waals surface area contributed by atoms with Crippen molar-refractivity contribution in [3.8, 4) is 0 Å². The second kappa shape index (κ2) is 9.13. The van der Waals surface area contributed by atoms with Crippen LogP contribution in [-0.4, -0.2) is 66.8 Å². The molecule has 1 atom stereocenters. The van der Waals surface area contributed by atoms with Crippen LogP contribution in [0.15, 0.2) is 42.5 Å². The predicted octanol–water partition coefficient (Wildman–Crippen LogP) is 2.22. The van der Waals surface area contributed by atoms with Crippen LogP contribution in [0, 0.1) is 0 Å². The van der Waals surface area contributed by atoms with Crippen molar-refractivity contribution in [1.82, 2.24) is 9.47 Å². The first kappa shape index (κ1) is 20.2. The molecule has 1 amide bonds. The Bertz CT molecular complexity index is 917. The molecule has 0 radical (unpaired) electrons. The number of aromatic nitrogens is 1. The lowest BCUT2D eigenvalue weighted by molar-refractivity contribution is -0.146. The second-order valence-electron chi connectivity index (χ2n) is 7.21. The number of amides is 1. The summed E-state index contributed by atoms with van der Waals surface area (Å²) in [5.74, 6) is -0.851. The summed E-state index contributed by atoms with van der Waals surface area (Å²) in [7, 11) is 0. The number of esters is 1. The van der Waals surface area contributed by atoms with E-state index in [-0.39, 0.29) is 25.0 Å². The summed E-state index contributed by atoms with van der Waals surface area (Å²) in [5, 5.41) is 0. The fourth-order valence-electron chi connectivity index (χ4n) is 3.83. The molecule has 30 heavy (non-hydrogen) atoms. The van der Waals surface area contributed by atoms with Crippen molar-refractivity contribution < 1.29 is 28.6 Å². The van der Waals surface area contributed by atoms with Crippen LogP contribution in [0.25, 0.3) is 0 Å². The van der Waals surface area contributed by atoms with E-state index < -0.39 is 12.0 Å². The monoisotopic (exact) mass is 412 g/mol. The summed E-state index contributed by atoms with van der Waals surface area (Å²) in [5.41, 5.74) is 1.97. The van der Waals surface area contributed by atoms with E-state index in [1.54, 1.807) is 23.1 Å². The van der Waals surface area contributed by atoms with E-state index in [0.29, 0.717) is 50.5 Å². The van der Waals surface area contributed by atoms with Crippen molar-refractivity contribution in [1.29, 1.82) is 0 Å². The third kappa shape index (κ3) is 4.23. The van der Waals surface area contributed by atoms with Gasteiger partial charge in [0.05, 0.1) is 24.8 Å². The number of morpholine rings is 1. The first-order chi connectivity index (χ1) is 14.6. The highest BCUT2D eigenvalue weighted by atomic mass is 16.6. The standard InChI is InChI=1S/C22H24N2O6/c25-20(16-4-2-1-3-5-16)19-7-6-18-17(8-9-24(18)19)21(26)29-14-15-30-22(27)23-10-12-28-13-11-23/h1-7,17H,8-15H2. The number of benzene rings is 1. The number of nitrogens with zero attached hydrogens (tertiary/aromatic N) is 2. The maximum atomic E-state index is 12.8. The zero-order chi connectivity index (χ0) is 20.9. The van der Waals surface area contributed by atoms with Gasteiger partial charge in [-0.2, -0.15) is 0 Å². The van der Waals surface area contributed by atoms with E-state index >= 15 is 0 Å². The highest BCUT2D eigenvalue weighted by Crippen LogP contribution is 2.32. The molecule has 1 aromatic heterocycles. The van der Waals surface area contributed by atoms with Crippen molar-refractivity contribution in [2.75, 3.05) is 39.5 Å². The normalized spacial score (nSPS) is 18.0. The van der Waals surface area contributed by atoms with Crippen LogP contribution in [0.3, 0.4) is 0 Å². The van der Waals surface area contributed by atoms with Gasteiger partial charge in [0, 0.05) is 30.9 Å². The SMILES string of the molecule is O=C(c1ccccc1)c1ccc2n1CCC2C(=O)OCCOC(=O)N1CCOCC1. The van der Waals surface area contributed by atoms with E-state index in [0.717, 1.165) is 5.69 Å². The smallest absolute Gasteiger partial charge is 0.410 e. The Balaban J connectivity index is 1.29. The van der Waals surface area contributed by atoms with E-state index in [4.69, 9.17) is 14.2 Å². The Hall–Kier alpha value is -3.13. The number of carbonyl (C=O) groups excluding carboxylic acids is 3. The Morgan fingerprint density at radius 1 is 0.933 bits per heavy atom. The number of hydrogen-bond acceptors (Lipinski definition) is 6. The van der Waals surface area contributed by atoms with Crippen LogP contribution in [0.2, 0.25) is 0 Å². The largest absolute Gasteiger partial charge is 0.462 e. The molecule has 1 saturated heterocycles. The molecule has 3 heterocycles. The molecule has 0 spiro atoms. The molecule has 8 nitrogen and oxygen atoms in total. The molecule has 2 aliphatic rings. The van der Waals surface area contributed by atoms with Crippen molar-refractivity contribution >= 4 is 17.8 Å². The number of fused-ring (bicyclic) bond motifs is 1. The van der Waals surface area contributed by atoms with Crippen LogP contribution < -0.4 is 0 Å². The third-order valence-electron chi connectivity index (χ3n) is 5.39. The lowest BCUT2D eigenvalue weighted by atomic mass is 10.1. The number of carbonyl (C=O) groups is 3. The molecule has 158 valence electrons. The Morgan fingerprint density at radius 3 is 2.43 bits per heavy atom. The van der Waals surface area contributed by atoms with Crippen LogP contribution in [0.5, 0.6) is 0 Å². The van der Waals surface area contributed by atoms with Crippen LogP contribution >= 0.6 is 0 Å². The van der Waals surface area contributed by atoms with Crippen molar-refractivity contribution in [2.45, 2.75) is 18.9 Å². The van der Waals surface area contributed by atoms with E-state index in [2.05, 4.69) is 0 Å². The summed E-state index contributed by atoms with van der Waals surface area (Å²) >= 11 is 0. The second-order valence-corrected chi connectivity index (χ2v) is 7.21. The minimum Gasteiger partial charge on any atom is -0.462 e. The zero-order valence-corrected chi connectivity index (χ0v) is 16.6. The first-order valence-electron chi connectivity index (χ1n) is 10.1. The molecule has 1 unspecified atom stereocenters. The third-order valence-corrected chi connectivity index (χ3v) is 5.39. The van der Waals surface area contributed by atoms with Crippen molar-refractivity contribution in [3.63, 3.8) is 0 Å². The number of hydrogen-bond donors (Lipinski definition) is 0. The summed E-state index contributed by atoms with van der Waals surface area (Å²) in [6.07, 6.45) is 0.158. The lowest BCUT2D eigenvalue weighted by Gasteiger charge is -2.25. The summed E-state index contributed by atoms with van der Waals surface area (Å²) in [4.78, 5) is 38.8. The minimum absolute atomic E-state index is 0.00191. The number of ketones is 1. The van der Waals surface area contributed by atoms with Crippen LogP contribution in [0.1, 0.15) is 34.1 Å². The Kier molecular flexibility index (Phi) is 6.13. The van der Waals surface area contributed by atoms with Gasteiger partial charge in [-0.1, -0.05) is 30.3 Å². The summed E-state index contributed by atoms with van der Waals surface area (Å²) in [6, 6.07) is 12.6. The molecule has 0 saturated carbocycles. The van der Waals surface area contributed by atoms with Gasteiger partial charge in [0.25, 0.3) is 0 Å². The topological polar surface area (TPSA) is 87.1 Å². The first-order valence-corrected chi connectivity index (χ1v) is 10.1. The van der Waals surface area contributed by atoms with Gasteiger partial charge in [0.1, 0.15) is 13.2 Å².